The van der Waals surface area contributed by atoms with Gasteiger partial charge in [0.2, 0.25) is 5.91 Å². The Morgan fingerprint density at radius 1 is 1.16 bits per heavy atom. The lowest BCUT2D eigenvalue weighted by Gasteiger charge is -2.23. The average molecular weight is 438 g/mol. The zero-order valence-electron chi connectivity index (χ0n) is 18.8. The van der Waals surface area contributed by atoms with Crippen LogP contribution in [-0.2, 0) is 22.6 Å². The molecular formula is C25H31N3O4. The van der Waals surface area contributed by atoms with Gasteiger partial charge in [0.25, 0.3) is 0 Å². The summed E-state index contributed by atoms with van der Waals surface area (Å²) in [5, 5.41) is 2.99. The molecule has 170 valence electrons. The molecule has 2 heterocycles. The van der Waals surface area contributed by atoms with E-state index in [-0.39, 0.29) is 18.0 Å². The largest absolute Gasteiger partial charge is 0.491 e. The fourth-order valence-electron chi connectivity index (χ4n) is 4.13. The van der Waals surface area contributed by atoms with Crippen LogP contribution in [0, 0.1) is 6.92 Å². The van der Waals surface area contributed by atoms with E-state index < -0.39 is 0 Å². The minimum absolute atomic E-state index is 0.0184. The number of ether oxygens (including phenoxy) is 2. The van der Waals surface area contributed by atoms with Crippen LogP contribution >= 0.6 is 0 Å². The van der Waals surface area contributed by atoms with Crippen molar-refractivity contribution in [2.75, 3.05) is 31.2 Å². The summed E-state index contributed by atoms with van der Waals surface area (Å²) in [4.78, 5) is 28.6. The monoisotopic (exact) mass is 437 g/mol. The fraction of sp³-hybridized carbons (Fsp3) is 0.440. The van der Waals surface area contributed by atoms with Crippen LogP contribution in [0.2, 0.25) is 0 Å². The summed E-state index contributed by atoms with van der Waals surface area (Å²) in [6, 6.07) is 13.8. The van der Waals surface area contributed by atoms with Gasteiger partial charge in [-0.2, -0.15) is 0 Å². The second kappa shape index (κ2) is 10.0. The molecule has 2 aliphatic rings. The van der Waals surface area contributed by atoms with Crippen molar-refractivity contribution in [1.29, 1.82) is 0 Å². The first-order valence-corrected chi connectivity index (χ1v) is 11.2. The van der Waals surface area contributed by atoms with Gasteiger partial charge in [0.15, 0.2) is 0 Å². The minimum atomic E-state index is -0.104. The van der Waals surface area contributed by atoms with E-state index in [0.29, 0.717) is 32.8 Å². The van der Waals surface area contributed by atoms with Crippen LogP contribution in [-0.4, -0.2) is 49.2 Å². The highest BCUT2D eigenvalue weighted by Gasteiger charge is 2.23. The van der Waals surface area contributed by atoms with E-state index in [1.54, 1.807) is 16.7 Å². The molecule has 0 saturated carbocycles. The Balaban J connectivity index is 1.46. The Morgan fingerprint density at radius 3 is 2.69 bits per heavy atom. The van der Waals surface area contributed by atoms with Crippen molar-refractivity contribution in [3.8, 4) is 5.75 Å². The van der Waals surface area contributed by atoms with Crippen molar-refractivity contribution in [3.63, 3.8) is 0 Å². The van der Waals surface area contributed by atoms with Crippen LogP contribution in [0.4, 0.5) is 10.5 Å². The van der Waals surface area contributed by atoms with Gasteiger partial charge in [0, 0.05) is 31.3 Å². The van der Waals surface area contributed by atoms with Crippen LogP contribution in [0.5, 0.6) is 5.75 Å². The van der Waals surface area contributed by atoms with Gasteiger partial charge in [-0.05, 0) is 49.6 Å². The molecule has 1 atom stereocenters. The van der Waals surface area contributed by atoms with Crippen molar-refractivity contribution in [3.05, 3.63) is 59.2 Å². The molecule has 0 aliphatic carbocycles. The molecule has 7 heteroatoms. The Kier molecular flexibility index (Phi) is 6.95. The number of aryl methyl sites for hydroxylation is 1. The Hall–Kier alpha value is -3.06. The molecule has 2 aliphatic heterocycles. The average Bonchev–Trinajstić information content (AvgIpc) is 3.21. The van der Waals surface area contributed by atoms with Crippen LogP contribution in [0.1, 0.15) is 36.5 Å². The maximum atomic E-state index is 12.7. The molecule has 1 fully saturated rings. The van der Waals surface area contributed by atoms with Crippen LogP contribution in [0.15, 0.2) is 42.5 Å². The van der Waals surface area contributed by atoms with Crippen LogP contribution < -0.4 is 15.0 Å². The first-order valence-electron chi connectivity index (χ1n) is 11.2. The molecule has 1 saturated heterocycles. The number of nitrogens with zero attached hydrogens (tertiary/aromatic N) is 2. The SMILES string of the molecule is CC(=O)N(Cc1ccc2c(c1)CN(C(=O)NC[C@@H]1CCCO1)CCO2)c1ccc(C)cc1. The molecule has 7 nitrogen and oxygen atoms in total. The number of anilines is 1. The van der Waals surface area contributed by atoms with Gasteiger partial charge in [0.1, 0.15) is 12.4 Å². The van der Waals surface area contributed by atoms with E-state index >= 15 is 0 Å². The molecule has 1 N–H and O–H groups in total. The Labute approximate surface area is 189 Å². The van der Waals surface area contributed by atoms with E-state index in [9.17, 15) is 9.59 Å². The third-order valence-corrected chi connectivity index (χ3v) is 5.96. The summed E-state index contributed by atoms with van der Waals surface area (Å²) in [6.07, 6.45) is 2.15. The van der Waals surface area contributed by atoms with Gasteiger partial charge in [-0.1, -0.05) is 23.8 Å². The maximum Gasteiger partial charge on any atom is 0.317 e. The summed E-state index contributed by atoms with van der Waals surface area (Å²) in [5.74, 6) is 0.767. The van der Waals surface area contributed by atoms with Gasteiger partial charge in [0.05, 0.1) is 25.7 Å². The predicted octanol–water partition coefficient (Wildman–Crippen LogP) is 3.63. The highest BCUT2D eigenvalue weighted by atomic mass is 16.5. The molecule has 0 unspecified atom stereocenters. The predicted molar refractivity (Wildman–Crippen MR) is 123 cm³/mol. The number of urea groups is 1. The molecule has 0 bridgehead atoms. The van der Waals surface area contributed by atoms with Crippen molar-refractivity contribution in [2.45, 2.75) is 45.9 Å². The van der Waals surface area contributed by atoms with Crippen molar-refractivity contribution in [2.24, 2.45) is 0 Å². The summed E-state index contributed by atoms with van der Waals surface area (Å²) >= 11 is 0. The number of rotatable bonds is 5. The molecule has 0 radical (unpaired) electrons. The number of fused-ring (bicyclic) bond motifs is 1. The van der Waals surface area contributed by atoms with E-state index in [1.807, 2.05) is 49.4 Å². The topological polar surface area (TPSA) is 71.1 Å². The first kappa shape index (κ1) is 22.1. The van der Waals surface area contributed by atoms with Gasteiger partial charge < -0.3 is 24.6 Å². The zero-order valence-corrected chi connectivity index (χ0v) is 18.8. The smallest absolute Gasteiger partial charge is 0.317 e. The van der Waals surface area contributed by atoms with Gasteiger partial charge >= 0.3 is 6.03 Å². The van der Waals surface area contributed by atoms with Crippen molar-refractivity contribution < 1.29 is 19.1 Å². The molecule has 4 rings (SSSR count). The van der Waals surface area contributed by atoms with Crippen molar-refractivity contribution >= 4 is 17.6 Å². The second-order valence-corrected chi connectivity index (χ2v) is 8.47. The normalized spacial score (nSPS) is 17.8. The Morgan fingerprint density at radius 2 is 1.97 bits per heavy atom. The molecular weight excluding hydrogens is 406 g/mol. The summed E-state index contributed by atoms with van der Waals surface area (Å²) in [6.45, 7) is 6.79. The number of hydrogen-bond acceptors (Lipinski definition) is 4. The minimum Gasteiger partial charge on any atom is -0.491 e. The van der Waals surface area contributed by atoms with Gasteiger partial charge in [-0.25, -0.2) is 4.79 Å². The third-order valence-electron chi connectivity index (χ3n) is 5.96. The summed E-state index contributed by atoms with van der Waals surface area (Å²) in [5.41, 5.74) is 3.95. The highest BCUT2D eigenvalue weighted by Crippen LogP contribution is 2.26. The quantitative estimate of drug-likeness (QED) is 0.776. The summed E-state index contributed by atoms with van der Waals surface area (Å²) < 4.78 is 11.5. The van der Waals surface area contributed by atoms with Crippen molar-refractivity contribution in [1.82, 2.24) is 10.2 Å². The summed E-state index contributed by atoms with van der Waals surface area (Å²) in [7, 11) is 0. The molecule has 2 aromatic carbocycles. The first-order chi connectivity index (χ1) is 15.5. The standard InChI is InChI=1S/C25H31N3O4/c1-18-5-8-22(9-6-18)28(19(2)29)16-20-7-10-24-21(14-20)17-27(11-13-32-24)25(30)26-15-23-4-3-12-31-23/h5-10,14,23H,3-4,11-13,15-17H2,1-2H3,(H,26,30)/t23-/m0/s1. The van der Waals surface area contributed by atoms with Gasteiger partial charge in [-0.15, -0.1) is 0 Å². The number of carbonyl (C=O) groups is 2. The molecule has 0 spiro atoms. The van der Waals surface area contributed by atoms with Crippen LogP contribution in [0.25, 0.3) is 0 Å². The number of hydrogen-bond donors (Lipinski definition) is 1. The molecule has 3 amide bonds. The maximum absolute atomic E-state index is 12.7. The fourth-order valence-corrected chi connectivity index (χ4v) is 4.13. The van der Waals surface area contributed by atoms with E-state index in [0.717, 1.165) is 47.6 Å². The molecule has 2 aromatic rings. The number of carbonyl (C=O) groups excluding carboxylic acids is 2. The number of benzene rings is 2. The third kappa shape index (κ3) is 5.40. The number of nitrogens with one attached hydrogen (secondary N) is 1. The zero-order chi connectivity index (χ0) is 22.5. The van der Waals surface area contributed by atoms with E-state index in [4.69, 9.17) is 9.47 Å². The molecule has 32 heavy (non-hydrogen) atoms. The van der Waals surface area contributed by atoms with E-state index in [1.165, 1.54) is 0 Å². The lowest BCUT2D eigenvalue weighted by molar-refractivity contribution is -0.116. The lowest BCUT2D eigenvalue weighted by Crippen LogP contribution is -2.43. The van der Waals surface area contributed by atoms with Gasteiger partial charge in [-0.3, -0.25) is 4.79 Å². The lowest BCUT2D eigenvalue weighted by atomic mass is 10.1. The number of amides is 3. The van der Waals surface area contributed by atoms with Crippen LogP contribution in [0.3, 0.4) is 0 Å². The Bertz CT molecular complexity index is 954. The second-order valence-electron chi connectivity index (χ2n) is 8.47. The van der Waals surface area contributed by atoms with E-state index in [2.05, 4.69) is 5.32 Å². The highest BCUT2D eigenvalue weighted by molar-refractivity contribution is 5.91. The molecule has 0 aromatic heterocycles.